The molecule has 2 aromatic heterocycles. The molecule has 0 spiro atoms. The third kappa shape index (κ3) is 3.61. The average molecular weight is 383 g/mol. The minimum absolute atomic E-state index is 0.0988. The molecule has 4 rings (SSSR count). The second-order valence-corrected chi connectivity index (χ2v) is 6.72. The standard InChI is InChI=1S/C23H21N5O/c1-3-15-7-8-17(12-22(15)28-24)21-13-20-19(9-10-25-23(20)27-21)16-5-4-6-18(11-16)26-14(2)29/h3-13,28H,1,24H2,2H3,(H,25,27)(H,26,29). The minimum atomic E-state index is -0.0988. The lowest BCUT2D eigenvalue weighted by Gasteiger charge is -2.07. The number of nitrogen functional groups attached to an aromatic ring is 1. The van der Waals surface area contributed by atoms with Crippen molar-refractivity contribution in [2.24, 2.45) is 5.84 Å². The van der Waals surface area contributed by atoms with Crippen LogP contribution in [0.25, 0.3) is 39.5 Å². The van der Waals surface area contributed by atoms with E-state index in [0.717, 1.165) is 50.4 Å². The number of fused-ring (bicyclic) bond motifs is 1. The number of H-pyrrole nitrogens is 1. The Morgan fingerprint density at radius 3 is 2.76 bits per heavy atom. The highest BCUT2D eigenvalue weighted by Gasteiger charge is 2.11. The van der Waals surface area contributed by atoms with Crippen molar-refractivity contribution in [2.45, 2.75) is 6.92 Å². The SMILES string of the molecule is C=Cc1ccc(-c2cc3c(-c4cccc(NC(C)=O)c4)ccnc3[nH]2)cc1NN. The second kappa shape index (κ2) is 7.61. The molecule has 5 N–H and O–H groups in total. The van der Waals surface area contributed by atoms with Gasteiger partial charge < -0.3 is 15.7 Å². The number of aromatic amines is 1. The average Bonchev–Trinajstić information content (AvgIpc) is 3.17. The number of nitrogens with zero attached hydrogens (tertiary/aromatic N) is 1. The van der Waals surface area contributed by atoms with Crippen molar-refractivity contribution < 1.29 is 4.79 Å². The number of hydrazine groups is 1. The molecule has 0 saturated carbocycles. The molecule has 0 bridgehead atoms. The predicted octanol–water partition coefficient (Wildman–Crippen LogP) is 4.78. The van der Waals surface area contributed by atoms with Crippen LogP contribution in [0, 0.1) is 0 Å². The van der Waals surface area contributed by atoms with Gasteiger partial charge in [0, 0.05) is 35.5 Å². The van der Waals surface area contributed by atoms with Crippen molar-refractivity contribution >= 4 is 34.4 Å². The van der Waals surface area contributed by atoms with Gasteiger partial charge in [-0.05, 0) is 47.0 Å². The maximum absolute atomic E-state index is 11.4. The summed E-state index contributed by atoms with van der Waals surface area (Å²) in [5.74, 6) is 5.55. The number of pyridine rings is 1. The van der Waals surface area contributed by atoms with Crippen LogP contribution < -0.4 is 16.6 Å². The van der Waals surface area contributed by atoms with Crippen molar-refractivity contribution in [1.82, 2.24) is 9.97 Å². The van der Waals surface area contributed by atoms with Gasteiger partial charge >= 0.3 is 0 Å². The first-order valence-electron chi connectivity index (χ1n) is 9.18. The second-order valence-electron chi connectivity index (χ2n) is 6.72. The highest BCUT2D eigenvalue weighted by atomic mass is 16.1. The quantitative estimate of drug-likeness (QED) is 0.294. The number of aromatic nitrogens is 2. The Kier molecular flexibility index (Phi) is 4.85. The molecule has 0 aliphatic carbocycles. The summed E-state index contributed by atoms with van der Waals surface area (Å²) in [6.07, 6.45) is 3.53. The molecule has 0 aliphatic heterocycles. The Hall–Kier alpha value is -3.90. The van der Waals surface area contributed by atoms with E-state index in [2.05, 4.69) is 33.4 Å². The maximum atomic E-state index is 11.4. The van der Waals surface area contributed by atoms with Gasteiger partial charge in [-0.15, -0.1) is 0 Å². The van der Waals surface area contributed by atoms with Gasteiger partial charge in [0.25, 0.3) is 0 Å². The third-order valence-corrected chi connectivity index (χ3v) is 4.77. The molecule has 6 nitrogen and oxygen atoms in total. The fourth-order valence-electron chi connectivity index (χ4n) is 3.43. The van der Waals surface area contributed by atoms with Crippen LogP contribution in [0.5, 0.6) is 0 Å². The Morgan fingerprint density at radius 2 is 2.00 bits per heavy atom. The zero-order chi connectivity index (χ0) is 20.4. The van der Waals surface area contributed by atoms with Gasteiger partial charge in [-0.25, -0.2) is 4.98 Å². The molecule has 1 amide bonds. The summed E-state index contributed by atoms with van der Waals surface area (Å²) in [6, 6.07) is 17.8. The van der Waals surface area contributed by atoms with E-state index in [1.807, 2.05) is 48.5 Å². The van der Waals surface area contributed by atoms with Crippen LogP contribution in [-0.4, -0.2) is 15.9 Å². The van der Waals surface area contributed by atoms with Crippen LogP contribution in [0.1, 0.15) is 12.5 Å². The van der Waals surface area contributed by atoms with Crippen LogP contribution in [0.3, 0.4) is 0 Å². The first-order chi connectivity index (χ1) is 14.1. The highest BCUT2D eigenvalue weighted by Crippen LogP contribution is 2.33. The Bertz CT molecular complexity index is 1230. The van der Waals surface area contributed by atoms with Crippen LogP contribution in [0.2, 0.25) is 0 Å². The van der Waals surface area contributed by atoms with Gasteiger partial charge in [-0.1, -0.05) is 36.9 Å². The molecule has 2 heterocycles. The summed E-state index contributed by atoms with van der Waals surface area (Å²) in [7, 11) is 0. The molecule has 29 heavy (non-hydrogen) atoms. The van der Waals surface area contributed by atoms with E-state index in [9.17, 15) is 4.79 Å². The van der Waals surface area contributed by atoms with Crippen molar-refractivity contribution in [3.8, 4) is 22.4 Å². The van der Waals surface area contributed by atoms with Gasteiger partial charge in [-0.2, -0.15) is 0 Å². The van der Waals surface area contributed by atoms with Gasteiger partial charge in [-0.3, -0.25) is 10.6 Å². The van der Waals surface area contributed by atoms with Gasteiger partial charge in [0.2, 0.25) is 5.91 Å². The van der Waals surface area contributed by atoms with E-state index in [1.54, 1.807) is 12.3 Å². The van der Waals surface area contributed by atoms with Gasteiger partial charge in [0.05, 0.1) is 5.69 Å². The van der Waals surface area contributed by atoms with Gasteiger partial charge in [0.1, 0.15) is 5.65 Å². The molecule has 0 radical (unpaired) electrons. The normalized spacial score (nSPS) is 10.7. The molecular formula is C23H21N5O. The predicted molar refractivity (Wildman–Crippen MR) is 119 cm³/mol. The number of carbonyl (C=O) groups excluding carboxylic acids is 1. The van der Waals surface area contributed by atoms with Crippen molar-refractivity contribution in [1.29, 1.82) is 0 Å². The minimum Gasteiger partial charge on any atom is -0.339 e. The van der Waals surface area contributed by atoms with E-state index in [-0.39, 0.29) is 5.91 Å². The number of benzene rings is 2. The molecular weight excluding hydrogens is 362 g/mol. The first-order valence-corrected chi connectivity index (χ1v) is 9.18. The van der Waals surface area contributed by atoms with Crippen LogP contribution in [0.4, 0.5) is 11.4 Å². The van der Waals surface area contributed by atoms with E-state index in [0.29, 0.717) is 0 Å². The van der Waals surface area contributed by atoms with Crippen molar-refractivity contribution in [3.05, 3.63) is 72.9 Å². The number of rotatable bonds is 5. The molecule has 0 unspecified atom stereocenters. The van der Waals surface area contributed by atoms with Crippen LogP contribution in [0.15, 0.2) is 67.4 Å². The largest absolute Gasteiger partial charge is 0.339 e. The number of amides is 1. The molecule has 0 fully saturated rings. The molecule has 144 valence electrons. The van der Waals surface area contributed by atoms with Crippen molar-refractivity contribution in [2.75, 3.05) is 10.7 Å². The number of hydrogen-bond acceptors (Lipinski definition) is 4. The summed E-state index contributed by atoms with van der Waals surface area (Å²) >= 11 is 0. The van der Waals surface area contributed by atoms with Crippen molar-refractivity contribution in [3.63, 3.8) is 0 Å². The topological polar surface area (TPSA) is 95.8 Å². The smallest absolute Gasteiger partial charge is 0.221 e. The number of nitrogens with two attached hydrogens (primary N) is 1. The lowest BCUT2D eigenvalue weighted by molar-refractivity contribution is -0.114. The Balaban J connectivity index is 1.81. The monoisotopic (exact) mass is 383 g/mol. The number of hydrogen-bond donors (Lipinski definition) is 4. The van der Waals surface area contributed by atoms with E-state index in [1.165, 1.54) is 6.92 Å². The lowest BCUT2D eigenvalue weighted by Crippen LogP contribution is -2.08. The fraction of sp³-hybridized carbons (Fsp3) is 0.0435. The zero-order valence-corrected chi connectivity index (χ0v) is 16.0. The fourth-order valence-corrected chi connectivity index (χ4v) is 3.43. The summed E-state index contributed by atoms with van der Waals surface area (Å²) in [4.78, 5) is 19.2. The summed E-state index contributed by atoms with van der Waals surface area (Å²) < 4.78 is 0. The highest BCUT2D eigenvalue weighted by molar-refractivity contribution is 5.97. The molecule has 2 aromatic carbocycles. The first kappa shape index (κ1) is 18.5. The molecule has 0 aliphatic rings. The summed E-state index contributed by atoms with van der Waals surface area (Å²) in [5.41, 5.74) is 9.95. The summed E-state index contributed by atoms with van der Waals surface area (Å²) in [5, 5.41) is 3.83. The number of carbonyl (C=O) groups is 1. The van der Waals surface area contributed by atoms with E-state index >= 15 is 0 Å². The van der Waals surface area contributed by atoms with E-state index in [4.69, 9.17) is 5.84 Å². The van der Waals surface area contributed by atoms with E-state index < -0.39 is 0 Å². The molecule has 4 aromatic rings. The third-order valence-electron chi connectivity index (χ3n) is 4.77. The summed E-state index contributed by atoms with van der Waals surface area (Å²) in [6.45, 7) is 5.31. The van der Waals surface area contributed by atoms with Crippen LogP contribution >= 0.6 is 0 Å². The lowest BCUT2D eigenvalue weighted by atomic mass is 10.0. The molecule has 0 saturated heterocycles. The Morgan fingerprint density at radius 1 is 1.14 bits per heavy atom. The number of nitrogens with one attached hydrogen (secondary N) is 3. The molecule has 6 heteroatoms. The molecule has 0 atom stereocenters. The Labute approximate surface area is 168 Å². The zero-order valence-electron chi connectivity index (χ0n) is 16.0. The number of anilines is 2. The van der Waals surface area contributed by atoms with Gasteiger partial charge in [0.15, 0.2) is 0 Å². The maximum Gasteiger partial charge on any atom is 0.221 e. The van der Waals surface area contributed by atoms with Crippen LogP contribution in [-0.2, 0) is 4.79 Å².